The lowest BCUT2D eigenvalue weighted by molar-refractivity contribution is -0.144. The minimum Gasteiger partial charge on any atom is -0.481 e. The molecule has 1 aliphatic heterocycles. The summed E-state index contributed by atoms with van der Waals surface area (Å²) in [6.45, 7) is 2.48. The van der Waals surface area contributed by atoms with Crippen molar-refractivity contribution in [2.75, 3.05) is 25.0 Å². The molecule has 0 bridgehead atoms. The molecule has 0 saturated carbocycles. The summed E-state index contributed by atoms with van der Waals surface area (Å²) in [4.78, 5) is 42.5. The summed E-state index contributed by atoms with van der Waals surface area (Å²) >= 11 is 0. The van der Waals surface area contributed by atoms with E-state index in [0.29, 0.717) is 13.1 Å². The number of aromatic nitrogens is 1. The monoisotopic (exact) mass is 471 g/mol. The maximum atomic E-state index is 12.9. The second kappa shape index (κ2) is 9.21. The predicted molar refractivity (Wildman–Crippen MR) is 129 cm³/mol. The van der Waals surface area contributed by atoms with E-state index in [2.05, 4.69) is 22.4 Å². The van der Waals surface area contributed by atoms with E-state index in [1.54, 1.807) is 19.1 Å². The first-order chi connectivity index (χ1) is 16.9. The number of aliphatic carboxylic acids is 1. The van der Waals surface area contributed by atoms with Crippen LogP contribution in [-0.4, -0.2) is 52.7 Å². The minimum atomic E-state index is -0.877. The Morgan fingerprint density at radius 3 is 2.29 bits per heavy atom. The van der Waals surface area contributed by atoms with E-state index in [4.69, 9.17) is 9.84 Å². The van der Waals surface area contributed by atoms with Crippen molar-refractivity contribution in [2.24, 2.45) is 11.8 Å². The van der Waals surface area contributed by atoms with Gasteiger partial charge in [0.2, 0.25) is 0 Å². The van der Waals surface area contributed by atoms with Crippen molar-refractivity contribution in [3.63, 3.8) is 0 Å². The molecule has 1 aliphatic carbocycles. The van der Waals surface area contributed by atoms with E-state index < -0.39 is 18.0 Å². The van der Waals surface area contributed by atoms with E-state index >= 15 is 0 Å². The van der Waals surface area contributed by atoms with Gasteiger partial charge in [0.15, 0.2) is 5.69 Å². The molecule has 1 saturated heterocycles. The quantitative estimate of drug-likeness (QED) is 0.557. The lowest BCUT2D eigenvalue weighted by Gasteiger charge is -2.41. The minimum absolute atomic E-state index is 0.0719. The van der Waals surface area contributed by atoms with Crippen molar-refractivity contribution in [3.05, 3.63) is 83.7 Å². The number of rotatable bonds is 6. The number of amides is 2. The third kappa shape index (κ3) is 4.23. The molecule has 1 aromatic heterocycles. The van der Waals surface area contributed by atoms with Gasteiger partial charge in [-0.05, 0) is 34.4 Å². The maximum Gasteiger partial charge on any atom is 0.411 e. The Bertz CT molecular complexity index is 1260. The number of benzene rings is 2. The largest absolute Gasteiger partial charge is 0.481 e. The highest BCUT2D eigenvalue weighted by Crippen LogP contribution is 2.44. The zero-order chi connectivity index (χ0) is 24.5. The van der Waals surface area contributed by atoms with Crippen LogP contribution in [0.4, 0.5) is 10.5 Å². The highest BCUT2D eigenvalue weighted by atomic mass is 16.5. The molecule has 178 valence electrons. The van der Waals surface area contributed by atoms with Gasteiger partial charge in [0.1, 0.15) is 6.61 Å². The number of anilines is 1. The number of likely N-dealkylation sites (tertiary alicyclic amines) is 1. The lowest BCUT2D eigenvalue weighted by Crippen LogP contribution is -2.53. The zero-order valence-corrected chi connectivity index (χ0v) is 19.2. The fourth-order valence-electron chi connectivity index (χ4n) is 4.77. The summed E-state index contributed by atoms with van der Waals surface area (Å²) in [5, 5.41) is 11.8. The molecular weight excluding hydrogens is 446 g/mol. The van der Waals surface area contributed by atoms with Crippen LogP contribution in [0.5, 0.6) is 0 Å². The third-order valence-electron chi connectivity index (χ3n) is 6.88. The number of ether oxygens (including phenoxy) is 1. The maximum absolute atomic E-state index is 12.9. The van der Waals surface area contributed by atoms with Crippen LogP contribution < -0.4 is 5.32 Å². The van der Waals surface area contributed by atoms with Crippen molar-refractivity contribution < 1.29 is 24.2 Å². The number of nitrogens with one attached hydrogen (secondary N) is 1. The van der Waals surface area contributed by atoms with Gasteiger partial charge in [-0.3, -0.25) is 14.9 Å². The van der Waals surface area contributed by atoms with Crippen molar-refractivity contribution in [1.29, 1.82) is 0 Å². The highest BCUT2D eigenvalue weighted by molar-refractivity contribution is 6.01. The molecule has 0 radical (unpaired) electrons. The first-order valence-corrected chi connectivity index (χ1v) is 11.5. The van der Waals surface area contributed by atoms with Crippen LogP contribution in [-0.2, 0) is 9.53 Å². The number of fused-ring (bicyclic) bond motifs is 3. The van der Waals surface area contributed by atoms with Crippen molar-refractivity contribution in [2.45, 2.75) is 12.8 Å². The molecule has 3 aromatic rings. The third-order valence-corrected chi connectivity index (χ3v) is 6.88. The molecule has 35 heavy (non-hydrogen) atoms. The summed E-state index contributed by atoms with van der Waals surface area (Å²) in [5.74, 6) is -1.93. The molecular formula is C27H25N3O5. The fraction of sp³-hybridized carbons (Fsp3) is 0.259. The van der Waals surface area contributed by atoms with Gasteiger partial charge in [0, 0.05) is 31.1 Å². The van der Waals surface area contributed by atoms with Gasteiger partial charge < -0.3 is 14.7 Å². The van der Waals surface area contributed by atoms with Crippen LogP contribution in [0, 0.1) is 11.8 Å². The Kier molecular flexibility index (Phi) is 5.94. The Morgan fingerprint density at radius 1 is 1.03 bits per heavy atom. The van der Waals surface area contributed by atoms with Gasteiger partial charge in [-0.25, -0.2) is 9.78 Å². The van der Waals surface area contributed by atoms with E-state index in [1.807, 2.05) is 36.4 Å². The summed E-state index contributed by atoms with van der Waals surface area (Å²) in [5.41, 5.74) is 4.86. The molecule has 1 fully saturated rings. The fourth-order valence-corrected chi connectivity index (χ4v) is 4.77. The van der Waals surface area contributed by atoms with Crippen molar-refractivity contribution in [3.8, 4) is 11.1 Å². The molecule has 1 atom stereocenters. The molecule has 5 rings (SSSR count). The highest BCUT2D eigenvalue weighted by Gasteiger charge is 2.38. The molecule has 2 amide bonds. The standard InChI is InChI=1S/C27H25N3O5/c1-16(26(32)33)17-13-30(14-17)25(31)24-23(11-6-12-28-24)29-27(34)35-15-22-20-9-4-2-7-18(20)19-8-3-5-10-21(19)22/h2-12,16-17,22H,13-15H2,1H3,(H,29,34)(H,32,33). The molecule has 1 unspecified atom stereocenters. The van der Waals surface area contributed by atoms with Crippen molar-refractivity contribution in [1.82, 2.24) is 9.88 Å². The second-order valence-electron chi connectivity index (χ2n) is 8.95. The van der Waals surface area contributed by atoms with Crippen LogP contribution in [0.2, 0.25) is 0 Å². The van der Waals surface area contributed by atoms with E-state index in [1.165, 1.54) is 11.1 Å². The van der Waals surface area contributed by atoms with Gasteiger partial charge in [-0.1, -0.05) is 55.5 Å². The molecule has 0 spiro atoms. The van der Waals surface area contributed by atoms with Gasteiger partial charge in [-0.15, -0.1) is 0 Å². The Morgan fingerprint density at radius 2 is 1.66 bits per heavy atom. The average molecular weight is 472 g/mol. The SMILES string of the molecule is CC(C(=O)O)C1CN(C(=O)c2ncccc2NC(=O)OCC2c3ccccc3-c3ccccc32)C1. The molecule has 2 heterocycles. The Hall–Kier alpha value is -4.20. The Balaban J connectivity index is 1.24. The normalized spacial score (nSPS) is 15.5. The smallest absolute Gasteiger partial charge is 0.411 e. The summed E-state index contributed by atoms with van der Waals surface area (Å²) < 4.78 is 5.59. The average Bonchev–Trinajstić information content (AvgIpc) is 3.15. The van der Waals surface area contributed by atoms with E-state index in [9.17, 15) is 14.4 Å². The Labute approximate surface area is 202 Å². The van der Waals surface area contributed by atoms with Gasteiger partial charge in [0.25, 0.3) is 5.91 Å². The summed E-state index contributed by atoms with van der Waals surface area (Å²) in [6.07, 6.45) is 0.808. The summed E-state index contributed by atoms with van der Waals surface area (Å²) in [7, 11) is 0. The molecule has 2 aromatic carbocycles. The number of nitrogens with zero attached hydrogens (tertiary/aromatic N) is 2. The number of carbonyl (C=O) groups excluding carboxylic acids is 2. The van der Waals surface area contributed by atoms with E-state index in [0.717, 1.165) is 22.3 Å². The number of carboxylic acids is 1. The van der Waals surface area contributed by atoms with Gasteiger partial charge in [0.05, 0.1) is 11.6 Å². The van der Waals surface area contributed by atoms with E-state index in [-0.39, 0.29) is 35.7 Å². The molecule has 2 aliphatic rings. The van der Waals surface area contributed by atoms with Gasteiger partial charge in [-0.2, -0.15) is 0 Å². The number of hydrogen-bond donors (Lipinski definition) is 2. The topological polar surface area (TPSA) is 109 Å². The predicted octanol–water partition coefficient (Wildman–Crippen LogP) is 4.24. The first kappa shape index (κ1) is 22.6. The van der Waals surface area contributed by atoms with Crippen LogP contribution in [0.25, 0.3) is 11.1 Å². The second-order valence-corrected chi connectivity index (χ2v) is 8.95. The number of pyridine rings is 1. The number of carboxylic acid groups (broad SMARTS) is 1. The van der Waals surface area contributed by atoms with Crippen molar-refractivity contribution >= 4 is 23.7 Å². The number of hydrogen-bond acceptors (Lipinski definition) is 5. The zero-order valence-electron chi connectivity index (χ0n) is 19.2. The first-order valence-electron chi connectivity index (χ1n) is 11.5. The molecule has 8 nitrogen and oxygen atoms in total. The molecule has 8 heteroatoms. The summed E-state index contributed by atoms with van der Waals surface area (Å²) in [6, 6.07) is 19.4. The van der Waals surface area contributed by atoms with Crippen LogP contribution in [0.1, 0.15) is 34.5 Å². The number of carbonyl (C=O) groups is 3. The molecule has 2 N–H and O–H groups in total. The van der Waals surface area contributed by atoms with Crippen LogP contribution in [0.3, 0.4) is 0 Å². The van der Waals surface area contributed by atoms with Gasteiger partial charge >= 0.3 is 12.1 Å². The van der Waals surface area contributed by atoms with Crippen LogP contribution >= 0.6 is 0 Å². The lowest BCUT2D eigenvalue weighted by atomic mass is 9.87. The van der Waals surface area contributed by atoms with Crippen LogP contribution in [0.15, 0.2) is 66.9 Å².